The van der Waals surface area contributed by atoms with Crippen molar-refractivity contribution in [2.75, 3.05) is 7.11 Å². The van der Waals surface area contributed by atoms with E-state index in [0.29, 0.717) is 0 Å². The van der Waals surface area contributed by atoms with Gasteiger partial charge in [-0.15, -0.1) is 19.0 Å². The molecular formula is C12H18ClNO. The monoisotopic (exact) mass is 227 g/mol. The number of hydrogen-bond acceptors (Lipinski definition) is 2. The van der Waals surface area contributed by atoms with E-state index in [9.17, 15) is 0 Å². The summed E-state index contributed by atoms with van der Waals surface area (Å²) in [6.45, 7) is 5.69. The van der Waals surface area contributed by atoms with Gasteiger partial charge >= 0.3 is 0 Å². The molecule has 1 rings (SSSR count). The Morgan fingerprint density at radius 1 is 1.53 bits per heavy atom. The highest BCUT2D eigenvalue weighted by molar-refractivity contribution is 5.85. The van der Waals surface area contributed by atoms with Crippen LogP contribution in [-0.4, -0.2) is 7.11 Å². The van der Waals surface area contributed by atoms with Gasteiger partial charge in [-0.3, -0.25) is 0 Å². The molecule has 0 aliphatic rings. The van der Waals surface area contributed by atoms with E-state index < -0.39 is 0 Å². The molecule has 1 aromatic carbocycles. The molecule has 0 heterocycles. The second-order valence-electron chi connectivity index (χ2n) is 3.36. The van der Waals surface area contributed by atoms with Gasteiger partial charge in [0.25, 0.3) is 0 Å². The van der Waals surface area contributed by atoms with Crippen molar-refractivity contribution >= 4 is 12.4 Å². The van der Waals surface area contributed by atoms with Crippen LogP contribution in [0.25, 0.3) is 0 Å². The predicted octanol–water partition coefficient (Wildman–Crippen LogP) is 3.00. The molecule has 0 saturated heterocycles. The van der Waals surface area contributed by atoms with E-state index in [-0.39, 0.29) is 18.4 Å². The summed E-state index contributed by atoms with van der Waals surface area (Å²) in [6.07, 6.45) is 2.61. The minimum atomic E-state index is 0. The van der Waals surface area contributed by atoms with Crippen molar-refractivity contribution in [2.24, 2.45) is 5.73 Å². The third-order valence-corrected chi connectivity index (χ3v) is 2.28. The molecule has 84 valence electrons. The summed E-state index contributed by atoms with van der Waals surface area (Å²) >= 11 is 0. The average molecular weight is 228 g/mol. The summed E-state index contributed by atoms with van der Waals surface area (Å²) in [5.74, 6) is 0.891. The molecule has 15 heavy (non-hydrogen) atoms. The second-order valence-corrected chi connectivity index (χ2v) is 3.36. The van der Waals surface area contributed by atoms with Crippen molar-refractivity contribution in [3.05, 3.63) is 42.0 Å². The van der Waals surface area contributed by atoms with Crippen molar-refractivity contribution in [1.82, 2.24) is 0 Å². The molecule has 3 heteroatoms. The Morgan fingerprint density at radius 2 is 2.20 bits per heavy atom. The quantitative estimate of drug-likeness (QED) is 0.803. The van der Waals surface area contributed by atoms with Crippen LogP contribution < -0.4 is 10.5 Å². The third-order valence-electron chi connectivity index (χ3n) is 2.28. The first-order valence-corrected chi connectivity index (χ1v) is 4.70. The van der Waals surface area contributed by atoms with Gasteiger partial charge in [0.1, 0.15) is 5.75 Å². The molecule has 1 aromatic rings. The summed E-state index contributed by atoms with van der Waals surface area (Å²) in [4.78, 5) is 0. The number of aryl methyl sites for hydroxylation is 1. The third kappa shape index (κ3) is 3.57. The molecule has 0 bridgehead atoms. The van der Waals surface area contributed by atoms with Crippen LogP contribution in [0.4, 0.5) is 0 Å². The van der Waals surface area contributed by atoms with Gasteiger partial charge in [0.05, 0.1) is 7.11 Å². The fraction of sp³-hybridized carbons (Fsp3) is 0.333. The molecule has 0 unspecified atom stereocenters. The van der Waals surface area contributed by atoms with Gasteiger partial charge in [-0.2, -0.15) is 0 Å². The molecule has 0 aliphatic carbocycles. The zero-order valence-electron chi connectivity index (χ0n) is 9.19. The summed E-state index contributed by atoms with van der Waals surface area (Å²) in [6, 6.07) is 6.06. The maximum Gasteiger partial charge on any atom is 0.122 e. The molecule has 0 aliphatic heterocycles. The molecule has 0 spiro atoms. The van der Waals surface area contributed by atoms with Gasteiger partial charge < -0.3 is 10.5 Å². The van der Waals surface area contributed by atoms with Crippen LogP contribution in [0, 0.1) is 6.92 Å². The van der Waals surface area contributed by atoms with Gasteiger partial charge in [0.2, 0.25) is 0 Å². The Labute approximate surface area is 97.5 Å². The van der Waals surface area contributed by atoms with Crippen LogP contribution in [-0.2, 0) is 0 Å². The molecule has 0 aromatic heterocycles. The maximum atomic E-state index is 5.95. The zero-order chi connectivity index (χ0) is 10.6. The molecule has 0 amide bonds. The lowest BCUT2D eigenvalue weighted by Gasteiger charge is -2.12. The molecule has 1 atom stereocenters. The Balaban J connectivity index is 0.00000196. The minimum Gasteiger partial charge on any atom is -0.496 e. The number of methoxy groups -OCH3 is 1. The molecule has 0 radical (unpaired) electrons. The summed E-state index contributed by atoms with van der Waals surface area (Å²) in [5, 5.41) is 0. The highest BCUT2D eigenvalue weighted by atomic mass is 35.5. The fourth-order valence-corrected chi connectivity index (χ4v) is 1.38. The Bertz CT molecular complexity index is 325. The van der Waals surface area contributed by atoms with Crippen LogP contribution in [0.3, 0.4) is 0 Å². The van der Waals surface area contributed by atoms with Crippen LogP contribution in [0.5, 0.6) is 5.75 Å². The first-order chi connectivity index (χ1) is 6.69. The van der Waals surface area contributed by atoms with E-state index in [4.69, 9.17) is 10.5 Å². The van der Waals surface area contributed by atoms with Gasteiger partial charge in [-0.25, -0.2) is 0 Å². The molecule has 0 saturated carbocycles. The first-order valence-electron chi connectivity index (χ1n) is 4.70. The van der Waals surface area contributed by atoms with E-state index in [1.165, 1.54) is 0 Å². The standard InChI is InChI=1S/C12H17NO.ClH/c1-4-5-11(13)10-7-6-9(2)12(8-10)14-3;/h4,6-8,11H,1,5,13H2,2-3H3;1H/t11-;/m1./s1. The van der Waals surface area contributed by atoms with Gasteiger partial charge in [0, 0.05) is 6.04 Å². The van der Waals surface area contributed by atoms with E-state index in [1.807, 2.05) is 31.2 Å². The van der Waals surface area contributed by atoms with Crippen LogP contribution in [0.2, 0.25) is 0 Å². The largest absolute Gasteiger partial charge is 0.496 e. The summed E-state index contributed by atoms with van der Waals surface area (Å²) < 4.78 is 5.23. The normalized spacial score (nSPS) is 11.4. The van der Waals surface area contributed by atoms with E-state index in [1.54, 1.807) is 7.11 Å². The van der Waals surface area contributed by atoms with Crippen molar-refractivity contribution in [2.45, 2.75) is 19.4 Å². The highest BCUT2D eigenvalue weighted by Crippen LogP contribution is 2.23. The number of hydrogen-bond donors (Lipinski definition) is 1. The van der Waals surface area contributed by atoms with Crippen LogP contribution in [0.1, 0.15) is 23.6 Å². The van der Waals surface area contributed by atoms with E-state index >= 15 is 0 Å². The second kappa shape index (κ2) is 6.49. The number of ether oxygens (including phenoxy) is 1. The number of rotatable bonds is 4. The first kappa shape index (κ1) is 14.0. The Morgan fingerprint density at radius 3 is 2.73 bits per heavy atom. The summed E-state index contributed by atoms with van der Waals surface area (Å²) in [5.41, 5.74) is 8.17. The zero-order valence-corrected chi connectivity index (χ0v) is 10.0. The molecule has 0 fully saturated rings. The summed E-state index contributed by atoms with van der Waals surface area (Å²) in [7, 11) is 1.67. The van der Waals surface area contributed by atoms with E-state index in [0.717, 1.165) is 23.3 Å². The minimum absolute atomic E-state index is 0. The van der Waals surface area contributed by atoms with Crippen LogP contribution in [0.15, 0.2) is 30.9 Å². The van der Waals surface area contributed by atoms with Crippen LogP contribution >= 0.6 is 12.4 Å². The van der Waals surface area contributed by atoms with Crippen molar-refractivity contribution < 1.29 is 4.74 Å². The average Bonchev–Trinajstić information content (AvgIpc) is 2.19. The van der Waals surface area contributed by atoms with Gasteiger partial charge in [0.15, 0.2) is 0 Å². The maximum absolute atomic E-state index is 5.95. The van der Waals surface area contributed by atoms with E-state index in [2.05, 4.69) is 6.58 Å². The smallest absolute Gasteiger partial charge is 0.122 e. The topological polar surface area (TPSA) is 35.2 Å². The number of benzene rings is 1. The van der Waals surface area contributed by atoms with Crippen molar-refractivity contribution in [1.29, 1.82) is 0 Å². The van der Waals surface area contributed by atoms with Gasteiger partial charge in [-0.05, 0) is 30.5 Å². The van der Waals surface area contributed by atoms with Crippen molar-refractivity contribution in [3.63, 3.8) is 0 Å². The number of halogens is 1. The lowest BCUT2D eigenvalue weighted by atomic mass is 10.0. The molecule has 2 N–H and O–H groups in total. The lowest BCUT2D eigenvalue weighted by molar-refractivity contribution is 0.410. The number of nitrogens with two attached hydrogens (primary N) is 1. The molecular weight excluding hydrogens is 210 g/mol. The highest BCUT2D eigenvalue weighted by Gasteiger charge is 2.06. The SMILES string of the molecule is C=CC[C@@H](N)c1ccc(C)c(OC)c1.Cl. The van der Waals surface area contributed by atoms with Crippen molar-refractivity contribution in [3.8, 4) is 5.75 Å². The lowest BCUT2D eigenvalue weighted by Crippen LogP contribution is -2.09. The Kier molecular flexibility index (Phi) is 6.06. The fourth-order valence-electron chi connectivity index (χ4n) is 1.38. The Hall–Kier alpha value is -0.990. The predicted molar refractivity (Wildman–Crippen MR) is 66.7 cm³/mol. The van der Waals surface area contributed by atoms with Gasteiger partial charge in [-0.1, -0.05) is 18.2 Å². The molecule has 2 nitrogen and oxygen atoms in total.